The van der Waals surface area contributed by atoms with Crippen LogP contribution in [0.1, 0.15) is 20.3 Å². The molecule has 0 aromatic heterocycles. The average molecular weight is 186 g/mol. The Morgan fingerprint density at radius 2 is 2.15 bits per heavy atom. The summed E-state index contributed by atoms with van der Waals surface area (Å²) < 4.78 is 0. The fourth-order valence-corrected chi connectivity index (χ4v) is 1.66. The molecule has 1 aliphatic heterocycles. The zero-order valence-electron chi connectivity index (χ0n) is 8.29. The van der Waals surface area contributed by atoms with Crippen molar-refractivity contribution < 1.29 is 9.90 Å². The zero-order valence-corrected chi connectivity index (χ0v) is 8.29. The highest BCUT2D eigenvalue weighted by molar-refractivity contribution is 5.82. The first-order chi connectivity index (χ1) is 6.19. The maximum atomic E-state index is 11.7. The van der Waals surface area contributed by atoms with Crippen molar-refractivity contribution >= 4 is 5.91 Å². The van der Waals surface area contributed by atoms with Crippen LogP contribution in [0.15, 0.2) is 0 Å². The highest BCUT2D eigenvalue weighted by Gasteiger charge is 2.30. The molecule has 4 heteroatoms. The maximum Gasteiger partial charge on any atom is 0.239 e. The number of nitrogens with zero attached hydrogens (tertiary/aromatic N) is 1. The lowest BCUT2D eigenvalue weighted by Gasteiger charge is -2.22. The monoisotopic (exact) mass is 186 g/mol. The van der Waals surface area contributed by atoms with Crippen LogP contribution in [0.3, 0.4) is 0 Å². The van der Waals surface area contributed by atoms with E-state index in [0.717, 1.165) is 13.1 Å². The number of rotatable bonds is 3. The third kappa shape index (κ3) is 2.42. The maximum absolute atomic E-state index is 11.7. The number of likely N-dealkylation sites (N-methyl/N-ethyl adjacent to an activating group) is 1. The van der Waals surface area contributed by atoms with Crippen molar-refractivity contribution in [1.29, 1.82) is 0 Å². The molecule has 0 bridgehead atoms. The Balaban J connectivity index is 2.47. The third-order valence-corrected chi connectivity index (χ3v) is 2.48. The van der Waals surface area contributed by atoms with Crippen molar-refractivity contribution in [3.63, 3.8) is 0 Å². The number of carbonyl (C=O) groups excluding carboxylic acids is 1. The SMILES string of the molecule is CCN(CC)C(=O)C1CC(O)CN1. The first-order valence-electron chi connectivity index (χ1n) is 4.89. The molecule has 76 valence electrons. The fraction of sp³-hybridized carbons (Fsp3) is 0.889. The quantitative estimate of drug-likeness (QED) is 0.629. The van der Waals surface area contributed by atoms with Gasteiger partial charge in [-0.15, -0.1) is 0 Å². The number of aliphatic hydroxyl groups excluding tert-OH is 1. The Morgan fingerprint density at radius 3 is 2.54 bits per heavy atom. The van der Waals surface area contributed by atoms with Gasteiger partial charge in [-0.2, -0.15) is 0 Å². The van der Waals surface area contributed by atoms with E-state index in [-0.39, 0.29) is 18.1 Å². The third-order valence-electron chi connectivity index (χ3n) is 2.48. The van der Waals surface area contributed by atoms with Crippen molar-refractivity contribution in [2.75, 3.05) is 19.6 Å². The lowest BCUT2D eigenvalue weighted by atomic mass is 10.2. The highest BCUT2D eigenvalue weighted by atomic mass is 16.3. The minimum atomic E-state index is -0.357. The molecule has 0 aromatic carbocycles. The van der Waals surface area contributed by atoms with Crippen LogP contribution in [0.25, 0.3) is 0 Å². The van der Waals surface area contributed by atoms with Crippen LogP contribution in [0.5, 0.6) is 0 Å². The minimum absolute atomic E-state index is 0.113. The Morgan fingerprint density at radius 1 is 1.54 bits per heavy atom. The molecule has 1 heterocycles. The number of hydrogen-bond acceptors (Lipinski definition) is 3. The molecule has 0 spiro atoms. The van der Waals surface area contributed by atoms with E-state index >= 15 is 0 Å². The van der Waals surface area contributed by atoms with Gasteiger partial charge >= 0.3 is 0 Å². The van der Waals surface area contributed by atoms with Gasteiger partial charge in [0.25, 0.3) is 0 Å². The first-order valence-corrected chi connectivity index (χ1v) is 4.89. The Kier molecular flexibility index (Phi) is 3.69. The number of aliphatic hydroxyl groups is 1. The van der Waals surface area contributed by atoms with Gasteiger partial charge in [-0.3, -0.25) is 4.79 Å². The standard InChI is InChI=1S/C9H18N2O2/c1-3-11(4-2)9(13)8-5-7(12)6-10-8/h7-8,10,12H,3-6H2,1-2H3. The summed E-state index contributed by atoms with van der Waals surface area (Å²) in [5.41, 5.74) is 0. The summed E-state index contributed by atoms with van der Waals surface area (Å²) in [6.45, 7) is 5.95. The molecule has 1 amide bonds. The van der Waals surface area contributed by atoms with Crippen LogP contribution in [0, 0.1) is 0 Å². The lowest BCUT2D eigenvalue weighted by Crippen LogP contribution is -2.43. The van der Waals surface area contributed by atoms with Gasteiger partial charge in [-0.1, -0.05) is 0 Å². The minimum Gasteiger partial charge on any atom is -0.392 e. The summed E-state index contributed by atoms with van der Waals surface area (Å²) in [6, 6.07) is -0.171. The molecule has 1 aliphatic rings. The van der Waals surface area contributed by atoms with E-state index in [0.29, 0.717) is 13.0 Å². The summed E-state index contributed by atoms with van der Waals surface area (Å²) >= 11 is 0. The van der Waals surface area contributed by atoms with E-state index < -0.39 is 0 Å². The van der Waals surface area contributed by atoms with Gasteiger partial charge in [0.05, 0.1) is 12.1 Å². The second-order valence-electron chi connectivity index (χ2n) is 3.36. The number of carbonyl (C=O) groups is 1. The Bertz CT molecular complexity index is 180. The van der Waals surface area contributed by atoms with Crippen molar-refractivity contribution in [1.82, 2.24) is 10.2 Å². The Hall–Kier alpha value is -0.610. The van der Waals surface area contributed by atoms with Crippen LogP contribution in [-0.4, -0.2) is 47.7 Å². The highest BCUT2D eigenvalue weighted by Crippen LogP contribution is 2.09. The molecular weight excluding hydrogens is 168 g/mol. The van der Waals surface area contributed by atoms with Crippen molar-refractivity contribution in [2.45, 2.75) is 32.4 Å². The summed E-state index contributed by atoms with van der Waals surface area (Å²) in [5, 5.41) is 12.3. The second kappa shape index (κ2) is 4.58. The summed E-state index contributed by atoms with van der Waals surface area (Å²) in [4.78, 5) is 13.5. The molecule has 2 N–H and O–H groups in total. The van der Waals surface area contributed by atoms with E-state index in [1.54, 1.807) is 4.90 Å². The zero-order chi connectivity index (χ0) is 9.84. The van der Waals surface area contributed by atoms with Gasteiger partial charge in [-0.05, 0) is 20.3 Å². The van der Waals surface area contributed by atoms with E-state index in [1.165, 1.54) is 0 Å². The van der Waals surface area contributed by atoms with E-state index in [1.807, 2.05) is 13.8 Å². The van der Waals surface area contributed by atoms with Gasteiger partial charge < -0.3 is 15.3 Å². The normalized spacial score (nSPS) is 27.6. The van der Waals surface area contributed by atoms with Gasteiger partial charge in [-0.25, -0.2) is 0 Å². The van der Waals surface area contributed by atoms with Gasteiger partial charge in [0, 0.05) is 19.6 Å². The smallest absolute Gasteiger partial charge is 0.239 e. The molecule has 1 saturated heterocycles. The summed E-state index contributed by atoms with van der Waals surface area (Å²) in [7, 11) is 0. The molecule has 0 aromatic rings. The second-order valence-corrected chi connectivity index (χ2v) is 3.36. The molecule has 4 nitrogen and oxygen atoms in total. The van der Waals surface area contributed by atoms with E-state index in [4.69, 9.17) is 0 Å². The molecule has 0 aliphatic carbocycles. The van der Waals surface area contributed by atoms with Crippen LogP contribution in [0.2, 0.25) is 0 Å². The number of hydrogen-bond donors (Lipinski definition) is 2. The number of amides is 1. The average Bonchev–Trinajstić information content (AvgIpc) is 2.54. The molecule has 1 fully saturated rings. The molecule has 0 radical (unpaired) electrons. The Labute approximate surface area is 78.9 Å². The number of β-amino-alcohol motifs (C(OH)–C–C–N with tert-alkyl or cyclic N) is 1. The molecular formula is C9H18N2O2. The van der Waals surface area contributed by atoms with Crippen LogP contribution in [-0.2, 0) is 4.79 Å². The fourth-order valence-electron chi connectivity index (χ4n) is 1.66. The van der Waals surface area contributed by atoms with Gasteiger partial charge in [0.15, 0.2) is 0 Å². The largest absolute Gasteiger partial charge is 0.392 e. The predicted molar refractivity (Wildman–Crippen MR) is 50.3 cm³/mol. The van der Waals surface area contributed by atoms with E-state index in [9.17, 15) is 9.90 Å². The summed E-state index contributed by atoms with van der Waals surface area (Å²) in [6.07, 6.45) is 0.194. The van der Waals surface area contributed by atoms with Crippen LogP contribution < -0.4 is 5.32 Å². The lowest BCUT2D eigenvalue weighted by molar-refractivity contribution is -0.132. The van der Waals surface area contributed by atoms with Crippen molar-refractivity contribution in [3.05, 3.63) is 0 Å². The molecule has 2 atom stereocenters. The topological polar surface area (TPSA) is 52.6 Å². The molecule has 1 rings (SSSR count). The first kappa shape index (κ1) is 10.5. The molecule has 2 unspecified atom stereocenters. The molecule has 0 saturated carbocycles. The van der Waals surface area contributed by atoms with Gasteiger partial charge in [0.1, 0.15) is 0 Å². The van der Waals surface area contributed by atoms with Crippen molar-refractivity contribution in [2.24, 2.45) is 0 Å². The van der Waals surface area contributed by atoms with E-state index in [2.05, 4.69) is 5.32 Å². The number of nitrogens with one attached hydrogen (secondary N) is 1. The van der Waals surface area contributed by atoms with Crippen LogP contribution in [0.4, 0.5) is 0 Å². The van der Waals surface area contributed by atoms with Crippen molar-refractivity contribution in [3.8, 4) is 0 Å². The molecule has 13 heavy (non-hydrogen) atoms. The van der Waals surface area contributed by atoms with Gasteiger partial charge in [0.2, 0.25) is 5.91 Å². The summed E-state index contributed by atoms with van der Waals surface area (Å²) in [5.74, 6) is 0.113. The predicted octanol–water partition coefficient (Wildman–Crippen LogP) is -0.422. The van der Waals surface area contributed by atoms with Crippen LogP contribution >= 0.6 is 0 Å².